The Hall–Kier alpha value is 0.0649. The Balaban J connectivity index is 0. The Bertz CT molecular complexity index is 5.90. The summed E-state index contributed by atoms with van der Waals surface area (Å²) in [4.78, 5) is 0. The van der Waals surface area contributed by atoms with Crippen molar-refractivity contribution < 1.29 is 0 Å². The highest BCUT2D eigenvalue weighted by molar-refractivity contribution is 6.31. The number of hydrogen-bond acceptors (Lipinski definition) is 0. The van der Waals surface area contributed by atoms with Crippen LogP contribution in [0.4, 0.5) is 0 Å². The Kier molecular flexibility index (Phi) is 30.8. The second-order valence-electron chi connectivity index (χ2n) is 1.28. The maximum atomic E-state index is 2.12. The van der Waals surface area contributed by atoms with Gasteiger partial charge >= 0.3 is 0 Å². The van der Waals surface area contributed by atoms with Crippen LogP contribution in [0.2, 0.25) is 13.6 Å². The normalized spacial score (nSPS) is 5.33. The first kappa shape index (κ1) is 9.42. The van der Waals surface area contributed by atoms with Crippen LogP contribution in [0.1, 0.15) is 20.3 Å². The summed E-state index contributed by atoms with van der Waals surface area (Å²) in [7, 11) is 2.00. The standard InChI is InChI=1S/C3H8.C2H6B/c2*1-3-2/h3H2,1-2H3;1-2H3. The van der Waals surface area contributed by atoms with E-state index in [4.69, 9.17) is 0 Å². The number of hydrogen-bond donors (Lipinski definition) is 0. The van der Waals surface area contributed by atoms with Crippen molar-refractivity contribution in [3.05, 3.63) is 0 Å². The van der Waals surface area contributed by atoms with Gasteiger partial charge in [0.05, 0.1) is 0 Å². The van der Waals surface area contributed by atoms with Gasteiger partial charge in [-0.3, -0.25) is 0 Å². The highest BCUT2D eigenvalue weighted by Crippen LogP contribution is 1.56. The van der Waals surface area contributed by atoms with Crippen molar-refractivity contribution in [1.29, 1.82) is 0 Å². The van der Waals surface area contributed by atoms with Crippen LogP contribution in [0, 0.1) is 0 Å². The first-order valence-electron chi connectivity index (χ1n) is 2.57. The summed E-state index contributed by atoms with van der Waals surface area (Å²) < 4.78 is 0. The fourth-order valence-corrected chi connectivity index (χ4v) is 0. The molecule has 0 aliphatic carbocycles. The molecule has 0 saturated carbocycles. The van der Waals surface area contributed by atoms with Gasteiger partial charge in [0.15, 0.2) is 0 Å². The molecule has 0 aromatic heterocycles. The molecule has 0 unspecified atom stereocenters. The molecule has 0 atom stereocenters. The molecule has 0 amide bonds. The molecular formula is C5H14B. The Morgan fingerprint density at radius 1 is 1.17 bits per heavy atom. The quantitative estimate of drug-likeness (QED) is 0.395. The molecule has 0 aliphatic heterocycles. The topological polar surface area (TPSA) is 0 Å². The van der Waals surface area contributed by atoms with Crippen LogP contribution in [-0.4, -0.2) is 7.28 Å². The van der Waals surface area contributed by atoms with Crippen molar-refractivity contribution >= 4 is 7.28 Å². The van der Waals surface area contributed by atoms with Crippen LogP contribution in [0.15, 0.2) is 0 Å². The first-order valence-corrected chi connectivity index (χ1v) is 2.57. The van der Waals surface area contributed by atoms with E-state index in [-0.39, 0.29) is 0 Å². The van der Waals surface area contributed by atoms with Crippen LogP contribution in [0.5, 0.6) is 0 Å². The minimum absolute atomic E-state index is 1.25. The van der Waals surface area contributed by atoms with E-state index in [0.717, 1.165) is 0 Å². The molecule has 0 aliphatic rings. The van der Waals surface area contributed by atoms with Crippen LogP contribution in [0.25, 0.3) is 0 Å². The van der Waals surface area contributed by atoms with E-state index < -0.39 is 0 Å². The molecule has 0 heterocycles. The fraction of sp³-hybridized carbons (Fsp3) is 1.00. The molecule has 0 nitrogen and oxygen atoms in total. The van der Waals surface area contributed by atoms with Gasteiger partial charge in [-0.15, -0.1) is 0 Å². The molecular weight excluding hydrogens is 70.9 g/mol. The van der Waals surface area contributed by atoms with Crippen LogP contribution in [-0.2, 0) is 0 Å². The van der Waals surface area contributed by atoms with E-state index in [2.05, 4.69) is 13.8 Å². The fourth-order valence-electron chi connectivity index (χ4n) is 0. The van der Waals surface area contributed by atoms with Gasteiger partial charge in [0.1, 0.15) is 7.28 Å². The monoisotopic (exact) mass is 85.1 g/mol. The summed E-state index contributed by atoms with van der Waals surface area (Å²) >= 11 is 0. The second-order valence-corrected chi connectivity index (χ2v) is 1.28. The molecule has 1 radical (unpaired) electrons. The first-order chi connectivity index (χ1) is 2.83. The van der Waals surface area contributed by atoms with Gasteiger partial charge in [0, 0.05) is 0 Å². The SMILES string of the molecule is CCC.C[B]C. The summed E-state index contributed by atoms with van der Waals surface area (Å²) in [5.41, 5.74) is 0. The maximum absolute atomic E-state index is 2.12. The minimum Gasteiger partial charge on any atom is -0.0922 e. The Morgan fingerprint density at radius 3 is 1.17 bits per heavy atom. The molecule has 0 saturated heterocycles. The second kappa shape index (κ2) is 19.6. The Morgan fingerprint density at radius 2 is 1.17 bits per heavy atom. The average Bonchev–Trinajstić information content (AvgIpc) is 1.39. The lowest BCUT2D eigenvalue weighted by molar-refractivity contribution is 1.09. The van der Waals surface area contributed by atoms with Crippen LogP contribution >= 0.6 is 0 Å². The van der Waals surface area contributed by atoms with E-state index in [1.165, 1.54) is 6.42 Å². The van der Waals surface area contributed by atoms with Gasteiger partial charge in [-0.2, -0.15) is 0 Å². The lowest BCUT2D eigenvalue weighted by Gasteiger charge is -1.48. The third-order valence-corrected chi connectivity index (χ3v) is 0. The zero-order valence-corrected chi connectivity index (χ0v) is 5.28. The zero-order chi connectivity index (χ0) is 5.41. The largest absolute Gasteiger partial charge is 0.102 e. The summed E-state index contributed by atoms with van der Waals surface area (Å²) in [6.45, 7) is 8.25. The van der Waals surface area contributed by atoms with Crippen LogP contribution in [0.3, 0.4) is 0 Å². The lowest BCUT2D eigenvalue weighted by Crippen LogP contribution is -1.53. The molecule has 37 valence electrons. The molecule has 0 spiro atoms. The molecule has 0 bridgehead atoms. The lowest BCUT2D eigenvalue weighted by atomic mass is 9.88. The molecule has 0 fully saturated rings. The summed E-state index contributed by atoms with van der Waals surface area (Å²) in [6.07, 6.45) is 1.25. The highest BCUT2D eigenvalue weighted by Gasteiger charge is 1.42. The van der Waals surface area contributed by atoms with Gasteiger partial charge in [0.2, 0.25) is 0 Å². The molecule has 1 heteroatoms. The summed E-state index contributed by atoms with van der Waals surface area (Å²) in [5, 5.41) is 0. The predicted octanol–water partition coefficient (Wildman–Crippen LogP) is 2.20. The molecule has 0 N–H and O–H groups in total. The van der Waals surface area contributed by atoms with Gasteiger partial charge in [-0.1, -0.05) is 33.9 Å². The average molecular weight is 85.0 g/mol. The third kappa shape index (κ3) is 9060. The van der Waals surface area contributed by atoms with Crippen molar-refractivity contribution in [1.82, 2.24) is 0 Å². The summed E-state index contributed by atoms with van der Waals surface area (Å²) in [5.74, 6) is 0. The Labute approximate surface area is 42.2 Å². The van der Waals surface area contributed by atoms with Gasteiger partial charge in [0.25, 0.3) is 0 Å². The number of rotatable bonds is 0. The highest BCUT2D eigenvalue weighted by atomic mass is 13.4. The maximum Gasteiger partial charge on any atom is 0.102 e. The van der Waals surface area contributed by atoms with Crippen molar-refractivity contribution in [2.45, 2.75) is 33.9 Å². The van der Waals surface area contributed by atoms with Gasteiger partial charge in [-0.25, -0.2) is 0 Å². The van der Waals surface area contributed by atoms with E-state index in [1.54, 1.807) is 0 Å². The van der Waals surface area contributed by atoms with Gasteiger partial charge < -0.3 is 0 Å². The van der Waals surface area contributed by atoms with Crippen molar-refractivity contribution in [3.8, 4) is 0 Å². The van der Waals surface area contributed by atoms with Crippen molar-refractivity contribution in [2.75, 3.05) is 0 Å². The molecule has 0 rings (SSSR count). The van der Waals surface area contributed by atoms with E-state index >= 15 is 0 Å². The molecule has 6 heavy (non-hydrogen) atoms. The van der Waals surface area contributed by atoms with E-state index in [0.29, 0.717) is 0 Å². The van der Waals surface area contributed by atoms with Gasteiger partial charge in [-0.05, 0) is 0 Å². The van der Waals surface area contributed by atoms with Crippen molar-refractivity contribution in [2.24, 2.45) is 0 Å². The summed E-state index contributed by atoms with van der Waals surface area (Å²) in [6, 6.07) is 0. The molecule has 0 aromatic rings. The van der Waals surface area contributed by atoms with Crippen molar-refractivity contribution in [3.63, 3.8) is 0 Å². The minimum atomic E-state index is 1.25. The van der Waals surface area contributed by atoms with Crippen LogP contribution < -0.4 is 0 Å². The van der Waals surface area contributed by atoms with E-state index in [1.807, 2.05) is 20.9 Å². The third-order valence-electron chi connectivity index (χ3n) is 0. The van der Waals surface area contributed by atoms with E-state index in [9.17, 15) is 0 Å². The molecule has 0 aromatic carbocycles. The zero-order valence-electron chi connectivity index (χ0n) is 5.28. The smallest absolute Gasteiger partial charge is 0.0922 e. The predicted molar refractivity (Wildman–Crippen MR) is 33.4 cm³/mol.